The SMILES string of the molecule is CCSC1CCC(NC2CCCc3nn(C)cc32)C1. The Morgan fingerprint density at radius 3 is 3.16 bits per heavy atom. The fourth-order valence-corrected chi connectivity index (χ4v) is 4.75. The summed E-state index contributed by atoms with van der Waals surface area (Å²) in [6, 6.07) is 1.27. The van der Waals surface area contributed by atoms with Crippen LogP contribution in [0.25, 0.3) is 0 Å². The molecule has 1 saturated carbocycles. The average molecular weight is 279 g/mol. The Balaban J connectivity index is 1.62. The second kappa shape index (κ2) is 5.88. The molecule has 1 fully saturated rings. The molecule has 0 bridgehead atoms. The molecular weight excluding hydrogens is 254 g/mol. The van der Waals surface area contributed by atoms with E-state index in [1.165, 1.54) is 49.1 Å². The summed E-state index contributed by atoms with van der Waals surface area (Å²) in [6.45, 7) is 2.27. The standard InChI is InChI=1S/C15H25N3S/c1-3-19-12-8-7-11(9-12)16-14-5-4-6-15-13(14)10-18(2)17-15/h10-12,14,16H,3-9H2,1-2H3. The van der Waals surface area contributed by atoms with E-state index in [2.05, 4.69) is 35.3 Å². The van der Waals surface area contributed by atoms with Gasteiger partial charge in [-0.05, 0) is 44.3 Å². The largest absolute Gasteiger partial charge is 0.307 e. The lowest BCUT2D eigenvalue weighted by molar-refractivity contribution is 0.397. The number of fused-ring (bicyclic) bond motifs is 1. The van der Waals surface area contributed by atoms with Gasteiger partial charge in [0, 0.05) is 36.1 Å². The molecule has 4 heteroatoms. The fraction of sp³-hybridized carbons (Fsp3) is 0.800. The zero-order chi connectivity index (χ0) is 13.2. The Kier molecular flexibility index (Phi) is 4.18. The van der Waals surface area contributed by atoms with Crippen molar-refractivity contribution in [2.75, 3.05) is 5.75 Å². The fourth-order valence-electron chi connectivity index (χ4n) is 3.60. The number of aromatic nitrogens is 2. The van der Waals surface area contributed by atoms with Crippen LogP contribution < -0.4 is 5.32 Å². The van der Waals surface area contributed by atoms with Gasteiger partial charge in [0.1, 0.15) is 0 Å². The molecule has 3 atom stereocenters. The molecule has 0 spiro atoms. The number of nitrogens with one attached hydrogen (secondary N) is 1. The summed E-state index contributed by atoms with van der Waals surface area (Å²) in [6.07, 6.45) is 10.0. The van der Waals surface area contributed by atoms with Crippen LogP contribution in [0.2, 0.25) is 0 Å². The van der Waals surface area contributed by atoms with Crippen LogP contribution in [0.4, 0.5) is 0 Å². The molecule has 2 aliphatic carbocycles. The normalized spacial score (nSPS) is 30.5. The molecule has 1 aromatic rings. The molecule has 3 rings (SSSR count). The van der Waals surface area contributed by atoms with Crippen molar-refractivity contribution in [1.29, 1.82) is 0 Å². The van der Waals surface area contributed by atoms with Crippen LogP contribution in [0, 0.1) is 0 Å². The van der Waals surface area contributed by atoms with Crippen LogP contribution in [0.15, 0.2) is 6.20 Å². The lowest BCUT2D eigenvalue weighted by Crippen LogP contribution is -2.33. The second-order valence-electron chi connectivity index (χ2n) is 5.90. The summed E-state index contributed by atoms with van der Waals surface area (Å²) in [5, 5.41) is 9.39. The first-order valence-electron chi connectivity index (χ1n) is 7.66. The van der Waals surface area contributed by atoms with E-state index in [4.69, 9.17) is 0 Å². The van der Waals surface area contributed by atoms with Gasteiger partial charge in [0.05, 0.1) is 5.69 Å². The highest BCUT2D eigenvalue weighted by molar-refractivity contribution is 7.99. The second-order valence-corrected chi connectivity index (χ2v) is 7.48. The van der Waals surface area contributed by atoms with Gasteiger partial charge in [-0.1, -0.05) is 6.92 Å². The van der Waals surface area contributed by atoms with Crippen LogP contribution in [0.5, 0.6) is 0 Å². The first-order valence-corrected chi connectivity index (χ1v) is 8.71. The van der Waals surface area contributed by atoms with Gasteiger partial charge in [-0.25, -0.2) is 0 Å². The van der Waals surface area contributed by atoms with Crippen molar-refractivity contribution < 1.29 is 0 Å². The molecule has 0 saturated heterocycles. The van der Waals surface area contributed by atoms with Gasteiger partial charge in [-0.15, -0.1) is 0 Å². The third-order valence-electron chi connectivity index (χ3n) is 4.44. The predicted octanol–water partition coefficient (Wildman–Crippen LogP) is 3.06. The highest BCUT2D eigenvalue weighted by Gasteiger charge is 2.29. The molecule has 0 radical (unpaired) electrons. The van der Waals surface area contributed by atoms with E-state index in [-0.39, 0.29) is 0 Å². The number of nitrogens with zero attached hydrogens (tertiary/aromatic N) is 2. The van der Waals surface area contributed by atoms with Crippen LogP contribution in [-0.2, 0) is 13.5 Å². The van der Waals surface area contributed by atoms with Crippen molar-refractivity contribution in [2.45, 2.75) is 62.8 Å². The molecule has 0 aromatic carbocycles. The lowest BCUT2D eigenvalue weighted by atomic mass is 9.92. The third kappa shape index (κ3) is 3.00. The van der Waals surface area contributed by atoms with Crippen molar-refractivity contribution in [2.24, 2.45) is 7.05 Å². The number of hydrogen-bond donors (Lipinski definition) is 1. The number of aryl methyl sites for hydroxylation is 2. The number of rotatable bonds is 4. The third-order valence-corrected chi connectivity index (χ3v) is 5.68. The maximum atomic E-state index is 4.59. The van der Waals surface area contributed by atoms with E-state index >= 15 is 0 Å². The highest BCUT2D eigenvalue weighted by atomic mass is 32.2. The molecule has 1 heterocycles. The van der Waals surface area contributed by atoms with Crippen LogP contribution >= 0.6 is 11.8 Å². The lowest BCUT2D eigenvalue weighted by Gasteiger charge is -2.26. The van der Waals surface area contributed by atoms with Gasteiger partial charge >= 0.3 is 0 Å². The van der Waals surface area contributed by atoms with Crippen molar-refractivity contribution >= 4 is 11.8 Å². The molecule has 3 nitrogen and oxygen atoms in total. The Morgan fingerprint density at radius 1 is 1.42 bits per heavy atom. The maximum Gasteiger partial charge on any atom is 0.0672 e. The van der Waals surface area contributed by atoms with E-state index in [0.717, 1.165) is 17.7 Å². The van der Waals surface area contributed by atoms with Crippen molar-refractivity contribution in [3.05, 3.63) is 17.5 Å². The minimum Gasteiger partial charge on any atom is -0.307 e. The molecule has 3 unspecified atom stereocenters. The topological polar surface area (TPSA) is 29.9 Å². The van der Waals surface area contributed by atoms with Gasteiger partial charge in [-0.3, -0.25) is 4.68 Å². The van der Waals surface area contributed by atoms with Gasteiger partial charge in [-0.2, -0.15) is 16.9 Å². The van der Waals surface area contributed by atoms with Gasteiger partial charge in [0.25, 0.3) is 0 Å². The summed E-state index contributed by atoms with van der Waals surface area (Å²) in [5.74, 6) is 1.26. The van der Waals surface area contributed by atoms with E-state index < -0.39 is 0 Å². The van der Waals surface area contributed by atoms with E-state index in [1.54, 1.807) is 0 Å². The molecule has 1 aromatic heterocycles. The van der Waals surface area contributed by atoms with E-state index in [9.17, 15) is 0 Å². The zero-order valence-electron chi connectivity index (χ0n) is 12.1. The van der Waals surface area contributed by atoms with E-state index in [0.29, 0.717) is 6.04 Å². The number of thioether (sulfide) groups is 1. The van der Waals surface area contributed by atoms with E-state index in [1.807, 2.05) is 11.7 Å². The van der Waals surface area contributed by atoms with Crippen LogP contribution in [0.3, 0.4) is 0 Å². The number of hydrogen-bond acceptors (Lipinski definition) is 3. The van der Waals surface area contributed by atoms with Crippen LogP contribution in [-0.4, -0.2) is 26.8 Å². The summed E-state index contributed by atoms with van der Waals surface area (Å²) < 4.78 is 1.98. The molecule has 0 aliphatic heterocycles. The summed E-state index contributed by atoms with van der Waals surface area (Å²) in [4.78, 5) is 0. The summed E-state index contributed by atoms with van der Waals surface area (Å²) >= 11 is 2.14. The summed E-state index contributed by atoms with van der Waals surface area (Å²) in [5.41, 5.74) is 2.78. The van der Waals surface area contributed by atoms with Gasteiger partial charge in [0.15, 0.2) is 0 Å². The first-order chi connectivity index (χ1) is 9.26. The smallest absolute Gasteiger partial charge is 0.0672 e. The molecule has 19 heavy (non-hydrogen) atoms. The highest BCUT2D eigenvalue weighted by Crippen LogP contribution is 2.34. The van der Waals surface area contributed by atoms with Crippen molar-refractivity contribution in [1.82, 2.24) is 15.1 Å². The quantitative estimate of drug-likeness (QED) is 0.918. The van der Waals surface area contributed by atoms with Crippen molar-refractivity contribution in [3.63, 3.8) is 0 Å². The average Bonchev–Trinajstić information content (AvgIpc) is 2.96. The molecular formula is C15H25N3S. The molecule has 2 aliphatic rings. The Hall–Kier alpha value is -0.480. The zero-order valence-corrected chi connectivity index (χ0v) is 12.9. The maximum absolute atomic E-state index is 4.59. The monoisotopic (exact) mass is 279 g/mol. The van der Waals surface area contributed by atoms with Crippen molar-refractivity contribution in [3.8, 4) is 0 Å². The minimum absolute atomic E-state index is 0.549. The van der Waals surface area contributed by atoms with Crippen LogP contribution in [0.1, 0.15) is 56.3 Å². The van der Waals surface area contributed by atoms with Gasteiger partial charge < -0.3 is 5.32 Å². The molecule has 1 N–H and O–H groups in total. The molecule has 0 amide bonds. The van der Waals surface area contributed by atoms with Gasteiger partial charge in [0.2, 0.25) is 0 Å². The Bertz CT molecular complexity index is 429. The summed E-state index contributed by atoms with van der Waals surface area (Å²) in [7, 11) is 2.04. The predicted molar refractivity (Wildman–Crippen MR) is 81.6 cm³/mol. The minimum atomic E-state index is 0.549. The Morgan fingerprint density at radius 2 is 2.32 bits per heavy atom. The molecule has 106 valence electrons. The Labute approximate surface area is 120 Å². The first kappa shape index (κ1) is 13.5.